The number of carbonyl (C=O) groups excluding carboxylic acids is 3. The van der Waals surface area contributed by atoms with Crippen LogP contribution in [0.2, 0.25) is 0 Å². The smallest absolute Gasteiger partial charge is 0.321 e. The molecule has 0 saturated carbocycles. The summed E-state index contributed by atoms with van der Waals surface area (Å²) >= 11 is 0. The normalized spacial score (nSPS) is 13.4. The fraction of sp³-hybridized carbons (Fsp3) is 0.600. The van der Waals surface area contributed by atoms with E-state index in [0.29, 0.717) is 0 Å². The van der Waals surface area contributed by atoms with E-state index in [-0.39, 0.29) is 13.1 Å². The van der Waals surface area contributed by atoms with Gasteiger partial charge >= 0.3 is 5.97 Å². The van der Waals surface area contributed by atoms with E-state index < -0.39 is 48.8 Å². The van der Waals surface area contributed by atoms with E-state index in [1.807, 2.05) is 0 Å². The van der Waals surface area contributed by atoms with Crippen LogP contribution in [0.25, 0.3) is 0 Å². The van der Waals surface area contributed by atoms with E-state index in [2.05, 4.69) is 10.6 Å². The van der Waals surface area contributed by atoms with Gasteiger partial charge in [0.25, 0.3) is 0 Å². The van der Waals surface area contributed by atoms with Crippen molar-refractivity contribution in [2.45, 2.75) is 24.9 Å². The fourth-order valence-electron chi connectivity index (χ4n) is 1.31. The number of hydrogen-bond acceptors (Lipinski definition) is 9. The predicted molar refractivity (Wildman–Crippen MR) is 55.5 cm³/mol. The molecule has 3 N–H and O–H groups in total. The van der Waals surface area contributed by atoms with Gasteiger partial charge in [-0.25, -0.2) is 0 Å². The Morgan fingerprint density at radius 1 is 0.850 bits per heavy atom. The first-order valence-electron chi connectivity index (χ1n) is 5.54. The minimum atomic E-state index is -1.64. The van der Waals surface area contributed by atoms with Gasteiger partial charge in [0.05, 0.1) is 12.0 Å². The maximum atomic E-state index is 10.7. The van der Waals surface area contributed by atoms with Gasteiger partial charge in [-0.2, -0.15) is 0 Å². The van der Waals surface area contributed by atoms with Crippen LogP contribution in [0, 0.1) is 0 Å². The second-order valence-electron chi connectivity index (χ2n) is 3.82. The van der Waals surface area contributed by atoms with Gasteiger partial charge in [0.15, 0.2) is 0 Å². The Labute approximate surface area is 113 Å². The highest BCUT2D eigenvalue weighted by Crippen LogP contribution is 1.92. The lowest BCUT2D eigenvalue weighted by Gasteiger charge is -2.21. The van der Waals surface area contributed by atoms with Crippen molar-refractivity contribution in [3.63, 3.8) is 0 Å². The molecule has 0 aliphatic heterocycles. The van der Waals surface area contributed by atoms with Gasteiger partial charge in [-0.3, -0.25) is 4.79 Å². The molecule has 2 unspecified atom stereocenters. The maximum absolute atomic E-state index is 10.7. The molecule has 0 aliphatic rings. The van der Waals surface area contributed by atoms with Gasteiger partial charge in [-0.05, 0) is 0 Å². The first-order chi connectivity index (χ1) is 9.23. The zero-order chi connectivity index (χ0) is 15.7. The van der Waals surface area contributed by atoms with Gasteiger partial charge in [-0.15, -0.1) is 0 Å². The number of carboxylic acid groups (broad SMARTS) is 4. The van der Waals surface area contributed by atoms with Gasteiger partial charge in [0.2, 0.25) is 0 Å². The van der Waals surface area contributed by atoms with Gasteiger partial charge in [0, 0.05) is 37.9 Å². The number of carbonyl (C=O) groups is 4. The highest BCUT2D eigenvalue weighted by Gasteiger charge is 2.16. The van der Waals surface area contributed by atoms with E-state index in [9.17, 15) is 34.5 Å². The van der Waals surface area contributed by atoms with Crippen molar-refractivity contribution >= 4 is 23.9 Å². The molecule has 0 heterocycles. The van der Waals surface area contributed by atoms with Crippen molar-refractivity contribution in [1.29, 1.82) is 0 Å². The molecule has 0 aliphatic carbocycles. The van der Waals surface area contributed by atoms with Crippen LogP contribution in [-0.4, -0.2) is 54.2 Å². The van der Waals surface area contributed by atoms with Crippen LogP contribution in [0.4, 0.5) is 0 Å². The highest BCUT2D eigenvalue weighted by molar-refractivity contribution is 5.80. The number of carboxylic acids is 4. The van der Waals surface area contributed by atoms with Crippen LogP contribution in [0.1, 0.15) is 12.8 Å². The molecule has 10 heteroatoms. The summed E-state index contributed by atoms with van der Waals surface area (Å²) in [4.78, 5) is 41.7. The van der Waals surface area contributed by atoms with Crippen LogP contribution >= 0.6 is 0 Å². The third-order valence-corrected chi connectivity index (χ3v) is 2.23. The molecule has 0 amide bonds. The molecule has 0 aromatic rings. The average Bonchev–Trinajstić information content (AvgIpc) is 2.29. The average molecular weight is 289 g/mol. The van der Waals surface area contributed by atoms with E-state index in [4.69, 9.17) is 5.11 Å². The zero-order valence-corrected chi connectivity index (χ0v) is 10.3. The fourth-order valence-corrected chi connectivity index (χ4v) is 1.31. The third kappa shape index (κ3) is 8.00. The Bertz CT molecular complexity index is 347. The Kier molecular flexibility index (Phi) is 7.85. The number of aliphatic carboxylic acids is 4. The molecule has 0 rings (SSSR count). The lowest BCUT2D eigenvalue weighted by molar-refractivity contribution is -0.317. The van der Waals surface area contributed by atoms with Gasteiger partial charge in [-0.1, -0.05) is 0 Å². The number of hydrogen-bond donors (Lipinski definition) is 3. The molecule has 114 valence electrons. The summed E-state index contributed by atoms with van der Waals surface area (Å²) in [5.41, 5.74) is 0. The molecule has 0 aromatic heterocycles. The molecule has 10 nitrogen and oxygen atoms in total. The van der Waals surface area contributed by atoms with Gasteiger partial charge in [0.1, 0.15) is 6.04 Å². The van der Waals surface area contributed by atoms with Crippen molar-refractivity contribution in [3.8, 4) is 0 Å². The van der Waals surface area contributed by atoms with Crippen molar-refractivity contribution < 1.29 is 39.6 Å². The Balaban J connectivity index is 4.13. The summed E-state index contributed by atoms with van der Waals surface area (Å²) in [6, 6.07) is -2.87. The zero-order valence-electron chi connectivity index (χ0n) is 10.3. The van der Waals surface area contributed by atoms with E-state index >= 15 is 0 Å². The summed E-state index contributed by atoms with van der Waals surface area (Å²) in [7, 11) is 0. The quantitative estimate of drug-likeness (QED) is 0.309. The standard InChI is InChI=1S/C10H16N2O8/c13-7(14)3-5(9(17)18)11-1-2-12-6(10(19)20)4-8(15)16/h5-6,11-12H,1-4H2,(H,13,14)(H,15,16)(H,17,18)(H,19,20)/p-3. The van der Waals surface area contributed by atoms with Crippen molar-refractivity contribution in [1.82, 2.24) is 10.6 Å². The lowest BCUT2D eigenvalue weighted by Crippen LogP contribution is -2.51. The Morgan fingerprint density at radius 2 is 1.25 bits per heavy atom. The summed E-state index contributed by atoms with van der Waals surface area (Å²) in [5, 5.41) is 44.4. The van der Waals surface area contributed by atoms with Crippen LogP contribution in [-0.2, 0) is 19.2 Å². The molecule has 2 atom stereocenters. The summed E-state index contributed by atoms with van der Waals surface area (Å²) in [5.74, 6) is -6.18. The topological polar surface area (TPSA) is 182 Å². The van der Waals surface area contributed by atoms with Crippen LogP contribution in [0.15, 0.2) is 0 Å². The Hall–Kier alpha value is -2.20. The first kappa shape index (κ1) is 17.8. The van der Waals surface area contributed by atoms with Crippen molar-refractivity contribution in [3.05, 3.63) is 0 Å². The van der Waals surface area contributed by atoms with Crippen LogP contribution in [0.5, 0.6) is 0 Å². The largest absolute Gasteiger partial charge is 0.550 e. The van der Waals surface area contributed by atoms with E-state index in [0.717, 1.165) is 0 Å². The molecule has 0 radical (unpaired) electrons. The second-order valence-corrected chi connectivity index (χ2v) is 3.82. The van der Waals surface area contributed by atoms with E-state index in [1.165, 1.54) is 0 Å². The minimum absolute atomic E-state index is 0.0962. The summed E-state index contributed by atoms with van der Waals surface area (Å²) < 4.78 is 0. The molecule has 0 saturated heterocycles. The van der Waals surface area contributed by atoms with Gasteiger partial charge < -0.3 is 45.4 Å². The molecule has 0 spiro atoms. The van der Waals surface area contributed by atoms with E-state index in [1.54, 1.807) is 0 Å². The molecular formula is C10H13N2O8-3. The first-order valence-corrected chi connectivity index (χ1v) is 5.54. The number of rotatable bonds is 11. The molecule has 0 fully saturated rings. The summed E-state index contributed by atoms with van der Waals surface area (Å²) in [6.45, 7) is -0.205. The second kappa shape index (κ2) is 8.82. The summed E-state index contributed by atoms with van der Waals surface area (Å²) in [6.07, 6.45) is -1.55. The molecule has 20 heavy (non-hydrogen) atoms. The number of nitrogens with one attached hydrogen (secondary N) is 2. The third-order valence-electron chi connectivity index (χ3n) is 2.23. The SMILES string of the molecule is O=C([O-])CC(NCCNC(CC(=O)[O-])C(=O)O)C(=O)[O-]. The van der Waals surface area contributed by atoms with Crippen LogP contribution in [0.3, 0.4) is 0 Å². The Morgan fingerprint density at radius 3 is 1.60 bits per heavy atom. The molecule has 0 aromatic carbocycles. The molecule has 0 bridgehead atoms. The highest BCUT2D eigenvalue weighted by atomic mass is 16.4. The lowest BCUT2D eigenvalue weighted by atomic mass is 10.2. The predicted octanol–water partition coefficient (Wildman–Crippen LogP) is -5.98. The van der Waals surface area contributed by atoms with Crippen molar-refractivity contribution in [2.24, 2.45) is 0 Å². The van der Waals surface area contributed by atoms with Crippen LogP contribution < -0.4 is 26.0 Å². The monoisotopic (exact) mass is 289 g/mol. The molecular weight excluding hydrogens is 276 g/mol. The maximum Gasteiger partial charge on any atom is 0.321 e. The minimum Gasteiger partial charge on any atom is -0.550 e. The van der Waals surface area contributed by atoms with Crippen molar-refractivity contribution in [2.75, 3.05) is 13.1 Å².